The van der Waals surface area contributed by atoms with Gasteiger partial charge in [0.15, 0.2) is 0 Å². The third-order valence-corrected chi connectivity index (χ3v) is 5.26. The molecular weight excluding hydrogens is 355 g/mol. The molecular formula is C20H20F3N3O. The van der Waals surface area contributed by atoms with Gasteiger partial charge in [0.25, 0.3) is 5.91 Å². The molecule has 4 rings (SSSR count). The van der Waals surface area contributed by atoms with Crippen molar-refractivity contribution in [1.82, 2.24) is 4.90 Å². The molecule has 4 nitrogen and oxygen atoms in total. The van der Waals surface area contributed by atoms with Gasteiger partial charge in [-0.25, -0.2) is 0 Å². The van der Waals surface area contributed by atoms with Crippen molar-refractivity contribution < 1.29 is 18.0 Å². The number of halogens is 3. The molecule has 0 aliphatic carbocycles. The molecule has 2 aromatic rings. The van der Waals surface area contributed by atoms with Gasteiger partial charge in [0.2, 0.25) is 0 Å². The quantitative estimate of drug-likeness (QED) is 0.864. The van der Waals surface area contributed by atoms with Crippen LogP contribution in [0.1, 0.15) is 22.3 Å². The van der Waals surface area contributed by atoms with Crippen molar-refractivity contribution in [1.29, 1.82) is 0 Å². The van der Waals surface area contributed by atoms with Crippen molar-refractivity contribution in [2.45, 2.75) is 19.1 Å². The minimum absolute atomic E-state index is 0.0165. The first-order valence-electron chi connectivity index (χ1n) is 8.88. The van der Waals surface area contributed by atoms with Crippen molar-refractivity contribution in [2.24, 2.45) is 5.92 Å². The lowest BCUT2D eigenvalue weighted by Crippen LogP contribution is -2.27. The molecule has 2 heterocycles. The van der Waals surface area contributed by atoms with Crippen molar-refractivity contribution in [3.8, 4) is 0 Å². The zero-order valence-electron chi connectivity index (χ0n) is 14.9. The summed E-state index contributed by atoms with van der Waals surface area (Å²) in [5.74, 6) is -1.22. The van der Waals surface area contributed by atoms with E-state index in [1.54, 1.807) is 16.8 Å². The number of benzene rings is 2. The molecule has 27 heavy (non-hydrogen) atoms. The minimum atomic E-state index is -4.13. The van der Waals surface area contributed by atoms with Crippen LogP contribution in [0.15, 0.2) is 42.5 Å². The van der Waals surface area contributed by atoms with Gasteiger partial charge in [-0.05, 0) is 54.4 Å². The van der Waals surface area contributed by atoms with Crippen molar-refractivity contribution >= 4 is 23.0 Å². The molecule has 0 spiro atoms. The highest BCUT2D eigenvalue weighted by molar-refractivity contribution is 5.98. The van der Waals surface area contributed by atoms with Crippen LogP contribution in [0.5, 0.6) is 0 Å². The largest absolute Gasteiger partial charge is 0.393 e. The molecule has 2 aliphatic heterocycles. The van der Waals surface area contributed by atoms with E-state index in [-0.39, 0.29) is 18.9 Å². The lowest BCUT2D eigenvalue weighted by Gasteiger charge is -2.20. The van der Waals surface area contributed by atoms with E-state index in [0.29, 0.717) is 13.1 Å². The highest BCUT2D eigenvalue weighted by atomic mass is 19.4. The molecule has 1 atom stereocenters. The third kappa shape index (κ3) is 3.46. The fourth-order valence-corrected chi connectivity index (χ4v) is 3.73. The first-order chi connectivity index (χ1) is 12.8. The fraction of sp³-hybridized carbons (Fsp3) is 0.350. The number of carbonyl (C=O) groups excluding carboxylic acids is 1. The molecule has 0 radical (unpaired) electrons. The van der Waals surface area contributed by atoms with Gasteiger partial charge < -0.3 is 15.1 Å². The number of alkyl halides is 3. The molecule has 1 amide bonds. The van der Waals surface area contributed by atoms with E-state index in [4.69, 9.17) is 0 Å². The van der Waals surface area contributed by atoms with E-state index < -0.39 is 12.1 Å². The number of hydrogen-bond donors (Lipinski definition) is 1. The Morgan fingerprint density at radius 3 is 2.44 bits per heavy atom. The first-order valence-corrected chi connectivity index (χ1v) is 8.88. The molecule has 0 aromatic heterocycles. The highest BCUT2D eigenvalue weighted by Gasteiger charge is 2.43. The molecule has 1 N–H and O–H groups in total. The Morgan fingerprint density at radius 1 is 1.07 bits per heavy atom. The first kappa shape index (κ1) is 17.7. The van der Waals surface area contributed by atoms with Gasteiger partial charge in [-0.3, -0.25) is 4.79 Å². The number of anilines is 3. The van der Waals surface area contributed by atoms with E-state index in [2.05, 4.69) is 5.32 Å². The number of amides is 1. The maximum absolute atomic E-state index is 12.8. The monoisotopic (exact) mass is 375 g/mol. The number of nitrogens with zero attached hydrogens (tertiary/aromatic N) is 2. The summed E-state index contributed by atoms with van der Waals surface area (Å²) in [4.78, 5) is 15.4. The standard InChI is InChI=1S/C20H20F3N3O/c1-25-11-13-10-16(4-7-18(13)19(25)27)24-15-2-5-17(6-3-15)26-9-8-14(12-26)20(21,22)23/h2-7,10,14,24H,8-9,11-12H2,1H3. The Kier molecular flexibility index (Phi) is 4.25. The maximum atomic E-state index is 12.8. The summed E-state index contributed by atoms with van der Waals surface area (Å²) in [5.41, 5.74) is 4.24. The molecule has 2 aliphatic rings. The Morgan fingerprint density at radius 2 is 1.78 bits per heavy atom. The molecule has 1 fully saturated rings. The molecule has 7 heteroatoms. The lowest BCUT2D eigenvalue weighted by molar-refractivity contribution is -0.168. The molecule has 2 aromatic carbocycles. The summed E-state index contributed by atoms with van der Waals surface area (Å²) in [6.07, 6.45) is -3.98. The lowest BCUT2D eigenvalue weighted by atomic mass is 10.1. The Hall–Kier alpha value is -2.70. The maximum Gasteiger partial charge on any atom is 0.393 e. The smallest absolute Gasteiger partial charge is 0.371 e. The molecule has 1 unspecified atom stereocenters. The number of carbonyl (C=O) groups is 1. The Labute approximate surface area is 155 Å². The van der Waals surface area contributed by atoms with E-state index in [1.807, 2.05) is 42.5 Å². The SMILES string of the molecule is CN1Cc2cc(Nc3ccc(N4CCC(C(F)(F)F)C4)cc3)ccc2C1=O. The zero-order chi connectivity index (χ0) is 19.2. The van der Waals surface area contributed by atoms with Crippen molar-refractivity contribution in [3.63, 3.8) is 0 Å². The van der Waals surface area contributed by atoms with Crippen molar-refractivity contribution in [3.05, 3.63) is 53.6 Å². The van der Waals surface area contributed by atoms with Crippen LogP contribution in [0.3, 0.4) is 0 Å². The predicted molar refractivity (Wildman–Crippen MR) is 98.3 cm³/mol. The summed E-state index contributed by atoms with van der Waals surface area (Å²) >= 11 is 0. The number of rotatable bonds is 3. The molecule has 142 valence electrons. The predicted octanol–water partition coefficient (Wildman–Crippen LogP) is 4.40. The van der Waals surface area contributed by atoms with Gasteiger partial charge in [-0.1, -0.05) is 0 Å². The number of hydrogen-bond acceptors (Lipinski definition) is 3. The van der Waals surface area contributed by atoms with Crippen LogP contribution in [-0.2, 0) is 6.54 Å². The number of nitrogens with one attached hydrogen (secondary N) is 1. The Balaban J connectivity index is 1.43. The third-order valence-electron chi connectivity index (χ3n) is 5.26. The van der Waals surface area contributed by atoms with Gasteiger partial charge in [0.05, 0.1) is 5.92 Å². The van der Waals surface area contributed by atoms with E-state index in [1.165, 1.54) is 0 Å². The number of fused-ring (bicyclic) bond motifs is 1. The average molecular weight is 375 g/mol. The van der Waals surface area contributed by atoms with Crippen LogP contribution < -0.4 is 10.2 Å². The topological polar surface area (TPSA) is 35.6 Å². The molecule has 1 saturated heterocycles. The van der Waals surface area contributed by atoms with E-state index >= 15 is 0 Å². The second-order valence-electron chi connectivity index (χ2n) is 7.18. The summed E-state index contributed by atoms with van der Waals surface area (Å²) in [6, 6.07) is 13.0. The van der Waals surface area contributed by atoms with Crippen LogP contribution in [0.4, 0.5) is 30.2 Å². The summed E-state index contributed by atoms with van der Waals surface area (Å²) in [7, 11) is 1.77. The van der Waals surface area contributed by atoms with Crippen LogP contribution in [0, 0.1) is 5.92 Å². The van der Waals surface area contributed by atoms with Crippen molar-refractivity contribution in [2.75, 3.05) is 30.4 Å². The van der Waals surface area contributed by atoms with Crippen LogP contribution in [-0.4, -0.2) is 37.1 Å². The van der Waals surface area contributed by atoms with E-state index in [0.717, 1.165) is 28.2 Å². The average Bonchev–Trinajstić information content (AvgIpc) is 3.22. The zero-order valence-corrected chi connectivity index (χ0v) is 14.9. The van der Waals surface area contributed by atoms with Crippen LogP contribution in [0.25, 0.3) is 0 Å². The molecule has 0 saturated carbocycles. The minimum Gasteiger partial charge on any atom is -0.371 e. The van der Waals surface area contributed by atoms with Gasteiger partial charge in [-0.2, -0.15) is 13.2 Å². The normalized spacial score (nSPS) is 19.6. The van der Waals surface area contributed by atoms with Gasteiger partial charge in [-0.15, -0.1) is 0 Å². The summed E-state index contributed by atoms with van der Waals surface area (Å²) in [6.45, 7) is 1.03. The summed E-state index contributed by atoms with van der Waals surface area (Å²) in [5, 5.41) is 3.29. The van der Waals surface area contributed by atoms with Gasteiger partial charge in [0, 0.05) is 49.3 Å². The van der Waals surface area contributed by atoms with Crippen LogP contribution in [0.2, 0.25) is 0 Å². The van der Waals surface area contributed by atoms with E-state index in [9.17, 15) is 18.0 Å². The Bertz CT molecular complexity index is 864. The second kappa shape index (κ2) is 6.48. The molecule has 0 bridgehead atoms. The van der Waals surface area contributed by atoms with Gasteiger partial charge in [0.1, 0.15) is 0 Å². The fourth-order valence-electron chi connectivity index (χ4n) is 3.73. The van der Waals surface area contributed by atoms with Crippen LogP contribution >= 0.6 is 0 Å². The second-order valence-corrected chi connectivity index (χ2v) is 7.18. The van der Waals surface area contributed by atoms with Gasteiger partial charge >= 0.3 is 6.18 Å². The summed E-state index contributed by atoms with van der Waals surface area (Å²) < 4.78 is 38.5. The highest BCUT2D eigenvalue weighted by Crippen LogP contribution is 2.36.